The molecular weight excluding hydrogens is 386 g/mol. The Balaban J connectivity index is 1.86. The van der Waals surface area contributed by atoms with Crippen molar-refractivity contribution in [1.29, 1.82) is 0 Å². The lowest BCUT2D eigenvalue weighted by Crippen LogP contribution is -2.21. The second-order valence-corrected chi connectivity index (χ2v) is 8.16. The molecule has 1 amide bonds. The van der Waals surface area contributed by atoms with Gasteiger partial charge in [-0.25, -0.2) is 4.98 Å². The number of fused-ring (bicyclic) bond motifs is 1. The molecule has 0 saturated heterocycles. The second-order valence-electron chi connectivity index (χ2n) is 7.16. The van der Waals surface area contributed by atoms with Gasteiger partial charge in [-0.15, -0.1) is 11.3 Å². The van der Waals surface area contributed by atoms with Gasteiger partial charge in [-0.1, -0.05) is 0 Å². The fourth-order valence-corrected chi connectivity index (χ4v) is 4.41. The van der Waals surface area contributed by atoms with Crippen LogP contribution in [-0.2, 0) is 6.54 Å². The molecule has 0 aliphatic heterocycles. The highest BCUT2D eigenvalue weighted by molar-refractivity contribution is 7.20. The van der Waals surface area contributed by atoms with Crippen LogP contribution in [0, 0.1) is 6.92 Å². The maximum atomic E-state index is 12.9. The van der Waals surface area contributed by atoms with Gasteiger partial charge in [0.15, 0.2) is 0 Å². The Kier molecular flexibility index (Phi) is 6.34. The molecule has 0 fully saturated rings. The normalized spacial score (nSPS) is 11.2. The summed E-state index contributed by atoms with van der Waals surface area (Å²) in [7, 11) is 3.82. The van der Waals surface area contributed by atoms with Crippen LogP contribution in [0.3, 0.4) is 0 Å². The van der Waals surface area contributed by atoms with Crippen molar-refractivity contribution in [2.75, 3.05) is 37.4 Å². The van der Waals surface area contributed by atoms with Gasteiger partial charge >= 0.3 is 0 Å². The number of benzene rings is 1. The topological polar surface area (TPSA) is 81.3 Å². The van der Waals surface area contributed by atoms with E-state index in [1.807, 2.05) is 43.3 Å². The summed E-state index contributed by atoms with van der Waals surface area (Å²) in [5, 5.41) is 3.42. The van der Waals surface area contributed by atoms with E-state index in [9.17, 15) is 9.59 Å². The van der Waals surface area contributed by atoms with E-state index in [-0.39, 0.29) is 11.5 Å². The Morgan fingerprint density at radius 3 is 2.41 bits per heavy atom. The SMILES string of the molecule is CCN(CC)c1ccc(NC(=O)c2sc3nc(CN(C)C)[nH]c(=O)c3c2C)cc1. The molecular formula is C21H27N5O2S. The van der Waals surface area contributed by atoms with E-state index in [0.29, 0.717) is 33.0 Å². The van der Waals surface area contributed by atoms with Gasteiger partial charge in [0, 0.05) is 24.5 Å². The number of hydrogen-bond acceptors (Lipinski definition) is 6. The number of thiophene rings is 1. The van der Waals surface area contributed by atoms with Crippen LogP contribution < -0.4 is 15.8 Å². The summed E-state index contributed by atoms with van der Waals surface area (Å²) >= 11 is 1.25. The molecule has 0 bridgehead atoms. The van der Waals surface area contributed by atoms with E-state index in [2.05, 4.69) is 34.0 Å². The van der Waals surface area contributed by atoms with Crippen molar-refractivity contribution in [3.8, 4) is 0 Å². The number of H-pyrrole nitrogens is 1. The Hall–Kier alpha value is -2.71. The smallest absolute Gasteiger partial charge is 0.266 e. The summed E-state index contributed by atoms with van der Waals surface area (Å²) in [5.41, 5.74) is 2.30. The minimum atomic E-state index is -0.227. The Morgan fingerprint density at radius 1 is 1.17 bits per heavy atom. The van der Waals surface area contributed by atoms with Crippen LogP contribution in [0.25, 0.3) is 10.2 Å². The number of carbonyl (C=O) groups is 1. The van der Waals surface area contributed by atoms with Gasteiger partial charge in [0.25, 0.3) is 11.5 Å². The molecule has 0 aliphatic rings. The molecule has 3 rings (SSSR count). The van der Waals surface area contributed by atoms with Crippen molar-refractivity contribution >= 4 is 38.8 Å². The predicted molar refractivity (Wildman–Crippen MR) is 120 cm³/mol. The van der Waals surface area contributed by atoms with Crippen molar-refractivity contribution < 1.29 is 4.79 Å². The summed E-state index contributed by atoms with van der Waals surface area (Å²) in [6, 6.07) is 7.79. The van der Waals surface area contributed by atoms with Crippen LogP contribution in [0.4, 0.5) is 11.4 Å². The lowest BCUT2D eigenvalue weighted by Gasteiger charge is -2.21. The van der Waals surface area contributed by atoms with E-state index in [0.717, 1.165) is 24.5 Å². The van der Waals surface area contributed by atoms with Gasteiger partial charge in [-0.3, -0.25) is 9.59 Å². The molecule has 0 aliphatic carbocycles. The minimum Gasteiger partial charge on any atom is -0.372 e. The first-order chi connectivity index (χ1) is 13.8. The number of amides is 1. The largest absolute Gasteiger partial charge is 0.372 e. The van der Waals surface area contributed by atoms with E-state index >= 15 is 0 Å². The Morgan fingerprint density at radius 2 is 1.83 bits per heavy atom. The number of aromatic nitrogens is 2. The Bertz CT molecular complexity index is 1070. The molecule has 154 valence electrons. The number of rotatable bonds is 7. The van der Waals surface area contributed by atoms with Gasteiger partial charge in [0.1, 0.15) is 10.7 Å². The van der Waals surface area contributed by atoms with Crippen molar-refractivity contribution in [1.82, 2.24) is 14.9 Å². The van der Waals surface area contributed by atoms with Crippen molar-refractivity contribution in [2.24, 2.45) is 0 Å². The summed E-state index contributed by atoms with van der Waals surface area (Å²) in [6.07, 6.45) is 0. The van der Waals surface area contributed by atoms with Crippen molar-refractivity contribution in [2.45, 2.75) is 27.3 Å². The van der Waals surface area contributed by atoms with Crippen molar-refractivity contribution in [3.63, 3.8) is 0 Å². The quantitative estimate of drug-likeness (QED) is 0.620. The summed E-state index contributed by atoms with van der Waals surface area (Å²) in [6.45, 7) is 8.41. The van der Waals surface area contributed by atoms with E-state index in [1.165, 1.54) is 11.3 Å². The number of aromatic amines is 1. The molecule has 0 saturated carbocycles. The van der Waals surface area contributed by atoms with Gasteiger partial charge in [-0.2, -0.15) is 0 Å². The van der Waals surface area contributed by atoms with E-state index < -0.39 is 0 Å². The minimum absolute atomic E-state index is 0.205. The zero-order valence-corrected chi connectivity index (χ0v) is 18.3. The predicted octanol–water partition coefficient (Wildman–Crippen LogP) is 3.45. The zero-order chi connectivity index (χ0) is 21.1. The number of aryl methyl sites for hydroxylation is 1. The van der Waals surface area contributed by atoms with E-state index in [4.69, 9.17) is 0 Å². The summed E-state index contributed by atoms with van der Waals surface area (Å²) in [5.74, 6) is 0.363. The first-order valence-electron chi connectivity index (χ1n) is 9.67. The lowest BCUT2D eigenvalue weighted by atomic mass is 10.2. The average Bonchev–Trinajstić information content (AvgIpc) is 3.00. The highest BCUT2D eigenvalue weighted by Gasteiger charge is 2.19. The van der Waals surface area contributed by atoms with Crippen LogP contribution in [0.5, 0.6) is 0 Å². The van der Waals surface area contributed by atoms with E-state index in [1.54, 1.807) is 6.92 Å². The molecule has 2 aromatic heterocycles. The number of hydrogen-bond donors (Lipinski definition) is 2. The van der Waals surface area contributed by atoms with Crippen LogP contribution in [0.2, 0.25) is 0 Å². The van der Waals surface area contributed by atoms with Gasteiger partial charge < -0.3 is 20.1 Å². The molecule has 2 heterocycles. The molecule has 0 unspecified atom stereocenters. The van der Waals surface area contributed by atoms with Crippen LogP contribution >= 0.6 is 11.3 Å². The monoisotopic (exact) mass is 413 g/mol. The summed E-state index contributed by atoms with van der Waals surface area (Å²) < 4.78 is 0. The zero-order valence-electron chi connectivity index (χ0n) is 17.5. The van der Waals surface area contributed by atoms with Gasteiger partial charge in [0.2, 0.25) is 0 Å². The second kappa shape index (κ2) is 8.75. The maximum Gasteiger partial charge on any atom is 0.266 e. The fourth-order valence-electron chi connectivity index (χ4n) is 3.31. The van der Waals surface area contributed by atoms with Gasteiger partial charge in [-0.05, 0) is 64.7 Å². The molecule has 0 spiro atoms. The highest BCUT2D eigenvalue weighted by atomic mass is 32.1. The average molecular weight is 414 g/mol. The molecule has 0 radical (unpaired) electrons. The van der Waals surface area contributed by atoms with Gasteiger partial charge in [0.05, 0.1) is 16.8 Å². The molecule has 0 atom stereocenters. The third kappa shape index (κ3) is 4.49. The van der Waals surface area contributed by atoms with Crippen LogP contribution in [0.15, 0.2) is 29.1 Å². The molecule has 2 N–H and O–H groups in total. The first-order valence-corrected chi connectivity index (χ1v) is 10.5. The highest BCUT2D eigenvalue weighted by Crippen LogP contribution is 2.28. The number of nitrogens with zero attached hydrogens (tertiary/aromatic N) is 3. The fraction of sp³-hybridized carbons (Fsp3) is 0.381. The number of anilines is 2. The van der Waals surface area contributed by atoms with Crippen LogP contribution in [0.1, 0.15) is 34.9 Å². The van der Waals surface area contributed by atoms with Crippen LogP contribution in [-0.4, -0.2) is 48.0 Å². The maximum absolute atomic E-state index is 12.9. The molecule has 29 heavy (non-hydrogen) atoms. The third-order valence-corrected chi connectivity index (χ3v) is 5.96. The number of nitrogens with one attached hydrogen (secondary N) is 2. The first kappa shape index (κ1) is 21.0. The molecule has 3 aromatic rings. The number of carbonyl (C=O) groups excluding carboxylic acids is 1. The standard InChI is InChI=1S/C21H27N5O2S/c1-6-26(7-2)15-10-8-14(9-11-15)22-20(28)18-13(3)17-19(27)23-16(12-25(4)5)24-21(17)29-18/h8-11H,6-7,12H2,1-5H3,(H,22,28)(H,23,24,27). The Labute approximate surface area is 174 Å². The lowest BCUT2D eigenvalue weighted by molar-refractivity contribution is 0.103. The molecule has 8 heteroatoms. The molecule has 1 aromatic carbocycles. The van der Waals surface area contributed by atoms with Crippen molar-refractivity contribution in [3.05, 3.63) is 50.9 Å². The molecule has 7 nitrogen and oxygen atoms in total. The third-order valence-electron chi connectivity index (χ3n) is 4.78. The summed E-state index contributed by atoms with van der Waals surface area (Å²) in [4.78, 5) is 38.0.